The maximum atomic E-state index is 12.3. The fourth-order valence-corrected chi connectivity index (χ4v) is 4.34. The van der Waals surface area contributed by atoms with Crippen molar-refractivity contribution in [1.29, 1.82) is 0 Å². The van der Waals surface area contributed by atoms with Gasteiger partial charge < -0.3 is 13.9 Å². The fraction of sp³-hybridized carbons (Fsp3) is 0.579. The lowest BCUT2D eigenvalue weighted by Crippen LogP contribution is -2.65. The van der Waals surface area contributed by atoms with Gasteiger partial charge in [-0.15, -0.1) is 0 Å². The molecule has 2 fully saturated rings. The number of nitrogens with zero attached hydrogens (tertiary/aromatic N) is 1. The standard InChI is InChI=1S/C19H23NO5/c1-19(2)16-12(6-5-11-23-16)17(19)25-15(21)9-10-20-13-7-3-4-8-14(13)24-18(20)22/h3-4,7-8,12,16-17H,5-6,9-11H2,1-2H3/t12-,16-,17-/m1/s1. The van der Waals surface area contributed by atoms with Gasteiger partial charge in [0.1, 0.15) is 6.10 Å². The van der Waals surface area contributed by atoms with Crippen molar-refractivity contribution in [3.63, 3.8) is 0 Å². The normalized spacial score (nSPS) is 27.5. The lowest BCUT2D eigenvalue weighted by Gasteiger charge is -2.58. The average Bonchev–Trinajstić information content (AvgIpc) is 2.93. The van der Waals surface area contributed by atoms with Crippen LogP contribution in [0.15, 0.2) is 33.5 Å². The Labute approximate surface area is 145 Å². The Morgan fingerprint density at radius 2 is 2.16 bits per heavy atom. The Morgan fingerprint density at radius 3 is 3.00 bits per heavy atom. The minimum atomic E-state index is -0.446. The van der Waals surface area contributed by atoms with E-state index in [1.54, 1.807) is 6.07 Å². The molecule has 3 atom stereocenters. The molecule has 2 aromatic rings. The number of ether oxygens (including phenoxy) is 2. The quantitative estimate of drug-likeness (QED) is 0.797. The Kier molecular flexibility index (Phi) is 3.95. The molecule has 0 amide bonds. The lowest BCUT2D eigenvalue weighted by atomic mass is 9.57. The van der Waals surface area contributed by atoms with Crippen molar-refractivity contribution in [2.24, 2.45) is 11.3 Å². The topological polar surface area (TPSA) is 70.7 Å². The molecule has 2 aliphatic rings. The molecule has 2 heterocycles. The molecule has 25 heavy (non-hydrogen) atoms. The van der Waals surface area contributed by atoms with Crippen LogP contribution >= 0.6 is 0 Å². The summed E-state index contributed by atoms with van der Waals surface area (Å²) in [6.07, 6.45) is 2.27. The van der Waals surface area contributed by atoms with Crippen LogP contribution in [0.5, 0.6) is 0 Å². The summed E-state index contributed by atoms with van der Waals surface area (Å²) >= 11 is 0. The van der Waals surface area contributed by atoms with E-state index < -0.39 is 5.76 Å². The average molecular weight is 345 g/mol. The molecule has 1 aromatic carbocycles. The predicted molar refractivity (Wildman–Crippen MR) is 91.2 cm³/mol. The Hall–Kier alpha value is -2.08. The smallest absolute Gasteiger partial charge is 0.419 e. The molecule has 0 spiro atoms. The number of aromatic nitrogens is 1. The second-order valence-corrected chi connectivity index (χ2v) is 7.57. The van der Waals surface area contributed by atoms with Crippen LogP contribution < -0.4 is 5.76 Å². The summed E-state index contributed by atoms with van der Waals surface area (Å²) in [4.78, 5) is 24.3. The summed E-state index contributed by atoms with van der Waals surface area (Å²) in [5.74, 6) is -0.428. The highest BCUT2D eigenvalue weighted by molar-refractivity contribution is 5.73. The third-order valence-corrected chi connectivity index (χ3v) is 5.60. The van der Waals surface area contributed by atoms with Crippen LogP contribution in [0.1, 0.15) is 33.1 Å². The van der Waals surface area contributed by atoms with Gasteiger partial charge in [0.25, 0.3) is 0 Å². The second-order valence-electron chi connectivity index (χ2n) is 7.57. The number of esters is 1. The van der Waals surface area contributed by atoms with Gasteiger partial charge in [-0.1, -0.05) is 26.0 Å². The number of carbonyl (C=O) groups is 1. The van der Waals surface area contributed by atoms with E-state index in [2.05, 4.69) is 13.8 Å². The van der Waals surface area contributed by atoms with Crippen LogP contribution in [0.25, 0.3) is 11.1 Å². The van der Waals surface area contributed by atoms with Gasteiger partial charge in [0.05, 0.1) is 18.0 Å². The third kappa shape index (κ3) is 2.68. The molecule has 1 aliphatic carbocycles. The zero-order valence-electron chi connectivity index (χ0n) is 14.6. The summed E-state index contributed by atoms with van der Waals surface area (Å²) in [6.45, 7) is 5.23. The summed E-state index contributed by atoms with van der Waals surface area (Å²) in [7, 11) is 0. The molecule has 1 aromatic heterocycles. The van der Waals surface area contributed by atoms with Crippen molar-refractivity contribution >= 4 is 17.1 Å². The number of carbonyl (C=O) groups excluding carboxylic acids is 1. The van der Waals surface area contributed by atoms with Crippen LogP contribution in [0.2, 0.25) is 0 Å². The van der Waals surface area contributed by atoms with Gasteiger partial charge in [-0.05, 0) is 25.0 Å². The van der Waals surface area contributed by atoms with Crippen molar-refractivity contribution in [2.45, 2.75) is 51.9 Å². The molecule has 0 bridgehead atoms. The van der Waals surface area contributed by atoms with E-state index in [4.69, 9.17) is 13.9 Å². The Balaban J connectivity index is 1.41. The van der Waals surface area contributed by atoms with Crippen LogP contribution in [-0.2, 0) is 20.8 Å². The van der Waals surface area contributed by atoms with Gasteiger partial charge in [0.2, 0.25) is 0 Å². The Bertz CT molecular complexity index is 849. The van der Waals surface area contributed by atoms with E-state index >= 15 is 0 Å². The van der Waals surface area contributed by atoms with Crippen molar-refractivity contribution in [3.8, 4) is 0 Å². The number of fused-ring (bicyclic) bond motifs is 2. The van der Waals surface area contributed by atoms with Gasteiger partial charge in [0, 0.05) is 24.5 Å². The molecule has 6 nitrogen and oxygen atoms in total. The maximum Gasteiger partial charge on any atom is 0.419 e. The van der Waals surface area contributed by atoms with Gasteiger partial charge >= 0.3 is 11.7 Å². The van der Waals surface area contributed by atoms with Gasteiger partial charge in [0.15, 0.2) is 5.58 Å². The molecule has 0 N–H and O–H groups in total. The summed E-state index contributed by atoms with van der Waals surface area (Å²) in [6, 6.07) is 7.20. The van der Waals surface area contributed by atoms with Crippen LogP contribution in [-0.4, -0.2) is 29.4 Å². The highest BCUT2D eigenvalue weighted by Gasteiger charge is 2.60. The minimum Gasteiger partial charge on any atom is -0.461 e. The maximum absolute atomic E-state index is 12.3. The summed E-state index contributed by atoms with van der Waals surface area (Å²) in [5.41, 5.74) is 1.08. The van der Waals surface area contributed by atoms with Crippen molar-refractivity contribution in [2.75, 3.05) is 6.61 Å². The largest absolute Gasteiger partial charge is 0.461 e. The molecule has 134 valence electrons. The van der Waals surface area contributed by atoms with E-state index in [-0.39, 0.29) is 36.6 Å². The van der Waals surface area contributed by atoms with E-state index in [0.29, 0.717) is 17.0 Å². The monoisotopic (exact) mass is 345 g/mol. The number of benzene rings is 1. The van der Waals surface area contributed by atoms with Crippen LogP contribution in [0, 0.1) is 11.3 Å². The van der Waals surface area contributed by atoms with Gasteiger partial charge in [-0.3, -0.25) is 9.36 Å². The molecule has 0 radical (unpaired) electrons. The van der Waals surface area contributed by atoms with Crippen LogP contribution in [0.3, 0.4) is 0 Å². The highest BCUT2D eigenvalue weighted by Crippen LogP contribution is 2.53. The first-order chi connectivity index (χ1) is 12.0. The van der Waals surface area contributed by atoms with E-state index in [1.165, 1.54) is 4.57 Å². The number of oxazole rings is 1. The molecule has 1 aliphatic heterocycles. The van der Waals surface area contributed by atoms with Crippen molar-refractivity contribution in [3.05, 3.63) is 34.8 Å². The first-order valence-electron chi connectivity index (χ1n) is 8.88. The molecule has 6 heteroatoms. The SMILES string of the molecule is CC1(C)[C@@H]2OCCC[C@H]2[C@H]1OC(=O)CCn1c(=O)oc2ccccc21. The number of aryl methyl sites for hydroxylation is 1. The predicted octanol–water partition coefficient (Wildman–Crippen LogP) is 2.73. The molecule has 1 saturated carbocycles. The van der Waals surface area contributed by atoms with Gasteiger partial charge in [-0.2, -0.15) is 0 Å². The van der Waals surface area contributed by atoms with Crippen molar-refractivity contribution < 1.29 is 18.7 Å². The van der Waals surface area contributed by atoms with Crippen molar-refractivity contribution in [1.82, 2.24) is 4.57 Å². The first-order valence-corrected chi connectivity index (χ1v) is 8.88. The number of para-hydroxylation sites is 2. The first kappa shape index (κ1) is 16.4. The van der Waals surface area contributed by atoms with Gasteiger partial charge in [-0.25, -0.2) is 4.79 Å². The van der Waals surface area contributed by atoms with E-state index in [9.17, 15) is 9.59 Å². The Morgan fingerprint density at radius 1 is 1.36 bits per heavy atom. The molecule has 4 rings (SSSR count). The molecule has 1 saturated heterocycles. The minimum absolute atomic E-state index is 0.108. The number of hydrogen-bond acceptors (Lipinski definition) is 5. The summed E-state index contributed by atoms with van der Waals surface area (Å²) < 4.78 is 18.3. The molecular formula is C19H23NO5. The zero-order valence-corrected chi connectivity index (χ0v) is 14.6. The third-order valence-electron chi connectivity index (χ3n) is 5.60. The number of hydrogen-bond donors (Lipinski definition) is 0. The zero-order chi connectivity index (χ0) is 17.6. The number of rotatable bonds is 4. The second kappa shape index (κ2) is 6.02. The summed E-state index contributed by atoms with van der Waals surface area (Å²) in [5, 5.41) is 0. The molecular weight excluding hydrogens is 322 g/mol. The lowest BCUT2D eigenvalue weighted by molar-refractivity contribution is -0.254. The van der Waals surface area contributed by atoms with E-state index in [1.807, 2.05) is 18.2 Å². The van der Waals surface area contributed by atoms with Crippen LogP contribution in [0.4, 0.5) is 0 Å². The van der Waals surface area contributed by atoms with E-state index in [0.717, 1.165) is 19.4 Å². The molecule has 0 unspecified atom stereocenters. The highest BCUT2D eigenvalue weighted by atomic mass is 16.6. The fourth-order valence-electron chi connectivity index (χ4n) is 4.34.